The average Bonchev–Trinajstić information content (AvgIpc) is 2.37. The molecule has 0 bridgehead atoms. The highest BCUT2D eigenvalue weighted by molar-refractivity contribution is 7.80. The number of hydrogen-bond acceptors (Lipinski definition) is 3. The minimum absolute atomic E-state index is 0.122. The maximum Gasteiger partial charge on any atom is 0.441 e. The summed E-state index contributed by atoms with van der Waals surface area (Å²) in [6.45, 7) is 0. The Morgan fingerprint density at radius 3 is 1.46 bits per heavy atom. The van der Waals surface area contributed by atoms with Gasteiger partial charge in [-0.25, -0.2) is 0 Å². The molecule has 0 fully saturated rings. The molecule has 0 heterocycles. The summed E-state index contributed by atoms with van der Waals surface area (Å²) in [6.07, 6.45) is -13.8. The van der Waals surface area contributed by atoms with E-state index in [4.69, 9.17) is 4.55 Å². The third kappa shape index (κ3) is 8.75. The maximum atomic E-state index is 13.3. The molecule has 1 N–H and O–H groups in total. The number of rotatable bonds is 12. The fourth-order valence-corrected chi connectivity index (χ4v) is 2.30. The van der Waals surface area contributed by atoms with Crippen molar-refractivity contribution in [1.29, 1.82) is 0 Å². The van der Waals surface area contributed by atoms with E-state index in [0.717, 1.165) is 0 Å². The Kier molecular flexibility index (Phi) is 8.69. The van der Waals surface area contributed by atoms with Gasteiger partial charge in [0.15, 0.2) is 0 Å². The zero-order valence-electron chi connectivity index (χ0n) is 13.1. The van der Waals surface area contributed by atoms with E-state index in [2.05, 4.69) is 4.18 Å². The van der Waals surface area contributed by atoms with Crippen LogP contribution in [0.1, 0.15) is 51.4 Å². The number of unbranched alkanes of at least 4 members (excludes halogenated alkanes) is 5. The van der Waals surface area contributed by atoms with Gasteiger partial charge < -0.3 is 0 Å². The first-order chi connectivity index (χ1) is 11.4. The zero-order chi connectivity index (χ0) is 20.9. The van der Waals surface area contributed by atoms with Gasteiger partial charge in [-0.3, -0.25) is 4.55 Å². The van der Waals surface area contributed by atoms with E-state index in [1.165, 1.54) is 0 Å². The summed E-state index contributed by atoms with van der Waals surface area (Å²) in [5.41, 5.74) is 0. The Balaban J connectivity index is 4.39. The van der Waals surface area contributed by atoms with Crippen LogP contribution in [0.5, 0.6) is 0 Å². The molecule has 0 radical (unpaired) electrons. The van der Waals surface area contributed by atoms with Gasteiger partial charge in [-0.05, 0) is 12.8 Å². The topological polar surface area (TPSA) is 63.6 Å². The van der Waals surface area contributed by atoms with Crippen LogP contribution in [0.15, 0.2) is 0 Å². The molecule has 0 aromatic rings. The standard InChI is InChI=1S/C12H17F9O4S/c13-9(14,11(18,19)12(20,21)25-26(22,23)24)7-5-3-1-2-4-6-8-10(15,16)17/h1-8H2,(H,22,23,24). The fraction of sp³-hybridized carbons (Fsp3) is 1.00. The van der Waals surface area contributed by atoms with Gasteiger partial charge in [-0.1, -0.05) is 25.7 Å². The van der Waals surface area contributed by atoms with Crippen LogP contribution >= 0.6 is 0 Å². The van der Waals surface area contributed by atoms with Gasteiger partial charge in [0.1, 0.15) is 0 Å². The predicted octanol–water partition coefficient (Wildman–Crippen LogP) is 5.35. The second-order valence-corrected chi connectivity index (χ2v) is 6.57. The normalized spacial score (nSPS) is 14.7. The average molecular weight is 428 g/mol. The van der Waals surface area contributed by atoms with Crippen molar-refractivity contribution >= 4 is 10.4 Å². The van der Waals surface area contributed by atoms with Crippen LogP contribution < -0.4 is 0 Å². The lowest BCUT2D eigenvalue weighted by atomic mass is 10.0. The van der Waals surface area contributed by atoms with Crippen LogP contribution in [0.2, 0.25) is 0 Å². The van der Waals surface area contributed by atoms with Gasteiger partial charge in [0.25, 0.3) is 0 Å². The summed E-state index contributed by atoms with van der Waals surface area (Å²) in [6, 6.07) is 0. The Morgan fingerprint density at radius 1 is 0.692 bits per heavy atom. The lowest BCUT2D eigenvalue weighted by Gasteiger charge is -2.31. The Morgan fingerprint density at radius 2 is 1.08 bits per heavy atom. The smallest absolute Gasteiger partial charge is 0.263 e. The molecule has 0 aromatic heterocycles. The molecule has 26 heavy (non-hydrogen) atoms. The van der Waals surface area contributed by atoms with Gasteiger partial charge in [0, 0.05) is 12.8 Å². The molecule has 0 aliphatic rings. The number of hydrogen-bond donors (Lipinski definition) is 1. The molecular weight excluding hydrogens is 411 g/mol. The first kappa shape index (κ1) is 25.2. The molecule has 0 unspecified atom stereocenters. The first-order valence-corrected chi connectivity index (χ1v) is 8.66. The summed E-state index contributed by atoms with van der Waals surface area (Å²) in [4.78, 5) is 0. The van der Waals surface area contributed by atoms with Crippen molar-refractivity contribution in [2.45, 2.75) is 75.5 Å². The highest BCUT2D eigenvalue weighted by Gasteiger charge is 2.73. The molecule has 0 saturated heterocycles. The van der Waals surface area contributed by atoms with Gasteiger partial charge in [0.05, 0.1) is 0 Å². The highest BCUT2D eigenvalue weighted by Crippen LogP contribution is 2.49. The summed E-state index contributed by atoms with van der Waals surface area (Å²) in [5.74, 6) is -11.6. The van der Waals surface area contributed by atoms with Gasteiger partial charge in [-0.2, -0.15) is 52.1 Å². The van der Waals surface area contributed by atoms with Crippen molar-refractivity contribution in [3.63, 3.8) is 0 Å². The van der Waals surface area contributed by atoms with Crippen LogP contribution in [-0.4, -0.2) is 37.1 Å². The molecular formula is C12H17F9O4S. The molecule has 0 atom stereocenters. The molecule has 0 saturated carbocycles. The summed E-state index contributed by atoms with van der Waals surface area (Å²) in [7, 11) is -6.12. The monoisotopic (exact) mass is 428 g/mol. The van der Waals surface area contributed by atoms with Crippen LogP contribution in [0.4, 0.5) is 39.5 Å². The Bertz CT molecular complexity index is 531. The number of halogens is 9. The summed E-state index contributed by atoms with van der Waals surface area (Å²) >= 11 is 0. The van der Waals surface area contributed by atoms with Crippen LogP contribution in [-0.2, 0) is 14.6 Å². The van der Waals surface area contributed by atoms with Crippen molar-refractivity contribution < 1.29 is 56.7 Å². The Hall–Kier alpha value is -0.760. The minimum Gasteiger partial charge on any atom is -0.263 e. The van der Waals surface area contributed by atoms with E-state index in [1.54, 1.807) is 0 Å². The van der Waals surface area contributed by atoms with Gasteiger partial charge >= 0.3 is 34.5 Å². The molecule has 0 aromatic carbocycles. The first-order valence-electron chi connectivity index (χ1n) is 7.29. The Labute approximate surface area is 143 Å². The van der Waals surface area contributed by atoms with E-state index in [-0.39, 0.29) is 32.1 Å². The molecule has 158 valence electrons. The van der Waals surface area contributed by atoms with Crippen LogP contribution in [0.25, 0.3) is 0 Å². The molecule has 14 heteroatoms. The highest BCUT2D eigenvalue weighted by atomic mass is 32.3. The van der Waals surface area contributed by atoms with E-state index in [9.17, 15) is 47.9 Å². The van der Waals surface area contributed by atoms with Crippen molar-refractivity contribution in [2.75, 3.05) is 0 Å². The third-order valence-electron chi connectivity index (χ3n) is 3.24. The molecule has 4 nitrogen and oxygen atoms in total. The van der Waals surface area contributed by atoms with Gasteiger partial charge in [0.2, 0.25) is 0 Å². The number of alkyl halides is 9. The zero-order valence-corrected chi connectivity index (χ0v) is 14.0. The molecule has 0 spiro atoms. The second-order valence-electron chi connectivity index (χ2n) is 5.54. The molecule has 0 aliphatic heterocycles. The fourth-order valence-electron chi connectivity index (χ4n) is 1.93. The van der Waals surface area contributed by atoms with Crippen molar-refractivity contribution in [3.05, 3.63) is 0 Å². The largest absolute Gasteiger partial charge is 0.441 e. The van der Waals surface area contributed by atoms with Crippen molar-refractivity contribution in [1.82, 2.24) is 0 Å². The van der Waals surface area contributed by atoms with Crippen molar-refractivity contribution in [3.8, 4) is 0 Å². The van der Waals surface area contributed by atoms with E-state index in [0.29, 0.717) is 0 Å². The molecule has 0 aliphatic carbocycles. The van der Waals surface area contributed by atoms with Crippen molar-refractivity contribution in [2.24, 2.45) is 0 Å². The summed E-state index contributed by atoms with van der Waals surface area (Å²) < 4.78 is 145. The minimum atomic E-state index is -6.22. The predicted molar refractivity (Wildman–Crippen MR) is 70.5 cm³/mol. The quantitative estimate of drug-likeness (QED) is 0.259. The van der Waals surface area contributed by atoms with E-state index in [1.807, 2.05) is 0 Å². The van der Waals surface area contributed by atoms with Crippen LogP contribution in [0.3, 0.4) is 0 Å². The maximum absolute atomic E-state index is 13.3. The van der Waals surface area contributed by atoms with Gasteiger partial charge in [-0.15, -0.1) is 0 Å². The third-order valence-corrected chi connectivity index (χ3v) is 3.66. The summed E-state index contributed by atoms with van der Waals surface area (Å²) in [5, 5.41) is 0. The lowest BCUT2D eigenvalue weighted by molar-refractivity contribution is -0.373. The van der Waals surface area contributed by atoms with E-state index < -0.39 is 53.8 Å². The van der Waals surface area contributed by atoms with Crippen LogP contribution in [0, 0.1) is 0 Å². The SMILES string of the molecule is O=S(=O)(O)OC(F)(F)C(F)(F)C(F)(F)CCCCCCCCC(F)(F)F. The second kappa shape index (κ2) is 8.95. The van der Waals surface area contributed by atoms with E-state index >= 15 is 0 Å². The lowest BCUT2D eigenvalue weighted by Crippen LogP contribution is -2.55. The molecule has 0 rings (SSSR count). The molecule has 0 amide bonds.